The highest BCUT2D eigenvalue weighted by Crippen LogP contribution is 2.46. The number of rotatable bonds is 7. The number of esters is 1. The number of ether oxygens (including phenoxy) is 2. The Morgan fingerprint density at radius 2 is 2.12 bits per heavy atom. The molecule has 2 aliphatic rings. The summed E-state index contributed by atoms with van der Waals surface area (Å²) in [6.45, 7) is 6.54. The van der Waals surface area contributed by atoms with Crippen LogP contribution in [0.25, 0.3) is 0 Å². The smallest absolute Gasteiger partial charge is 0.336 e. The first kappa shape index (κ1) is 22.0. The van der Waals surface area contributed by atoms with Crippen LogP contribution in [0.4, 0.5) is 0 Å². The van der Waals surface area contributed by atoms with Crippen LogP contribution in [-0.2, 0) is 25.8 Å². The Labute approximate surface area is 187 Å². The molecule has 8 heteroatoms. The van der Waals surface area contributed by atoms with Crippen LogP contribution in [0.5, 0.6) is 0 Å². The molecule has 168 valence electrons. The van der Waals surface area contributed by atoms with Crippen LogP contribution in [0.15, 0.2) is 65.5 Å². The molecule has 0 saturated heterocycles. The fraction of sp³-hybridized carbons (Fsp3) is 0.417. The normalized spacial score (nSPS) is 20.1. The number of nitrogens with zero attached hydrogens (tertiary/aromatic N) is 3. The van der Waals surface area contributed by atoms with E-state index in [1.165, 1.54) is 0 Å². The van der Waals surface area contributed by atoms with Gasteiger partial charge in [0.2, 0.25) is 0 Å². The summed E-state index contributed by atoms with van der Waals surface area (Å²) in [6.07, 6.45) is 7.98. The second-order valence-corrected chi connectivity index (χ2v) is 8.81. The predicted octanol–water partition coefficient (Wildman–Crippen LogP) is 3.10. The minimum Gasteiger partial charge on any atom is -0.463 e. The van der Waals surface area contributed by atoms with Crippen molar-refractivity contribution in [2.45, 2.75) is 46.3 Å². The standard InChI is InChI=1S/C24H28N4O4/c1-4-32-23(30)22-18(14-31-15-28-10-6-9-26-28)27-17-11-24(2,3)12-19(29)21(17)20(22)16-7-5-8-25-13-16/h5-10,13,20,27H,4,11-12,14-15H2,1-3H3. The molecule has 0 spiro atoms. The number of carbonyl (C=O) groups excluding carboxylic acids is 2. The lowest BCUT2D eigenvalue weighted by Gasteiger charge is -2.39. The summed E-state index contributed by atoms with van der Waals surface area (Å²) in [7, 11) is 0. The fourth-order valence-corrected chi connectivity index (χ4v) is 4.41. The number of Topliss-reactive ketones (excluding diaryl/α,β-unsaturated/α-hetero) is 1. The number of hydrogen-bond donors (Lipinski definition) is 1. The lowest BCUT2D eigenvalue weighted by Crippen LogP contribution is -2.40. The molecule has 0 aromatic carbocycles. The molecule has 1 aliphatic heterocycles. The van der Waals surface area contributed by atoms with Gasteiger partial charge in [0.05, 0.1) is 24.5 Å². The van der Waals surface area contributed by atoms with Crippen LogP contribution in [-0.4, -0.2) is 39.7 Å². The van der Waals surface area contributed by atoms with Gasteiger partial charge in [-0.25, -0.2) is 9.48 Å². The Bertz CT molecular complexity index is 1050. The molecule has 0 amide bonds. The lowest BCUT2D eigenvalue weighted by molar-refractivity contribution is -0.139. The van der Waals surface area contributed by atoms with Crippen LogP contribution < -0.4 is 5.32 Å². The number of nitrogens with one attached hydrogen (secondary N) is 1. The molecule has 8 nitrogen and oxygen atoms in total. The Morgan fingerprint density at radius 1 is 1.28 bits per heavy atom. The lowest BCUT2D eigenvalue weighted by atomic mass is 9.69. The summed E-state index contributed by atoms with van der Waals surface area (Å²) >= 11 is 0. The van der Waals surface area contributed by atoms with Crippen molar-refractivity contribution in [3.05, 3.63) is 71.1 Å². The van der Waals surface area contributed by atoms with E-state index >= 15 is 0 Å². The molecule has 3 heterocycles. The summed E-state index contributed by atoms with van der Waals surface area (Å²) in [5.41, 5.74) is 3.07. The predicted molar refractivity (Wildman–Crippen MR) is 117 cm³/mol. The molecule has 1 unspecified atom stereocenters. The number of dihydropyridines is 1. The van der Waals surface area contributed by atoms with Gasteiger partial charge < -0.3 is 14.8 Å². The van der Waals surface area contributed by atoms with E-state index in [4.69, 9.17) is 9.47 Å². The summed E-state index contributed by atoms with van der Waals surface area (Å²) < 4.78 is 12.9. The molecular weight excluding hydrogens is 408 g/mol. The van der Waals surface area contributed by atoms with Gasteiger partial charge >= 0.3 is 5.97 Å². The third kappa shape index (κ3) is 4.50. The van der Waals surface area contributed by atoms with Gasteiger partial charge in [0.15, 0.2) is 5.78 Å². The number of ketones is 1. The zero-order valence-corrected chi connectivity index (χ0v) is 18.6. The Kier molecular flexibility index (Phi) is 6.23. The van der Waals surface area contributed by atoms with E-state index < -0.39 is 11.9 Å². The number of aromatic nitrogens is 3. The van der Waals surface area contributed by atoms with Crippen molar-refractivity contribution in [2.24, 2.45) is 5.41 Å². The largest absolute Gasteiger partial charge is 0.463 e. The number of pyridine rings is 1. The second kappa shape index (κ2) is 9.08. The molecule has 32 heavy (non-hydrogen) atoms. The zero-order chi connectivity index (χ0) is 22.7. The molecule has 2 aromatic heterocycles. The van der Waals surface area contributed by atoms with Crippen molar-refractivity contribution in [1.29, 1.82) is 0 Å². The minimum absolute atomic E-state index is 0.0379. The van der Waals surface area contributed by atoms with Crippen LogP contribution >= 0.6 is 0 Å². The first-order valence-corrected chi connectivity index (χ1v) is 10.8. The van der Waals surface area contributed by atoms with Gasteiger partial charge in [-0.3, -0.25) is 9.78 Å². The van der Waals surface area contributed by atoms with Crippen molar-refractivity contribution in [2.75, 3.05) is 13.2 Å². The Morgan fingerprint density at radius 3 is 2.81 bits per heavy atom. The highest BCUT2D eigenvalue weighted by Gasteiger charge is 2.43. The molecule has 0 radical (unpaired) electrons. The monoisotopic (exact) mass is 436 g/mol. The molecule has 4 rings (SSSR count). The Balaban J connectivity index is 1.77. The van der Waals surface area contributed by atoms with E-state index in [9.17, 15) is 9.59 Å². The van der Waals surface area contributed by atoms with Crippen molar-refractivity contribution in [3.63, 3.8) is 0 Å². The van der Waals surface area contributed by atoms with Gasteiger partial charge in [0, 0.05) is 48.4 Å². The molecule has 1 atom stereocenters. The van der Waals surface area contributed by atoms with Crippen LogP contribution in [0, 0.1) is 5.41 Å². The van der Waals surface area contributed by atoms with E-state index in [2.05, 4.69) is 29.2 Å². The van der Waals surface area contributed by atoms with E-state index in [1.807, 2.05) is 18.2 Å². The minimum atomic E-state index is -0.550. The highest BCUT2D eigenvalue weighted by atomic mass is 16.5. The molecule has 0 fully saturated rings. The number of hydrogen-bond acceptors (Lipinski definition) is 7. The number of allylic oxidation sites excluding steroid dienone is 2. The van der Waals surface area contributed by atoms with Gasteiger partial charge in [-0.05, 0) is 36.5 Å². The summed E-state index contributed by atoms with van der Waals surface area (Å²) in [5, 5.41) is 7.51. The van der Waals surface area contributed by atoms with Crippen LogP contribution in [0.2, 0.25) is 0 Å². The van der Waals surface area contributed by atoms with Crippen molar-refractivity contribution >= 4 is 11.8 Å². The van der Waals surface area contributed by atoms with Gasteiger partial charge in [-0.1, -0.05) is 19.9 Å². The SMILES string of the molecule is CCOC(=O)C1=C(COCn2cccn2)NC2=C(C(=O)CC(C)(C)C2)C1c1cccnc1. The topological polar surface area (TPSA) is 95.3 Å². The molecular formula is C24H28N4O4. The van der Waals surface area contributed by atoms with E-state index in [0.717, 1.165) is 11.3 Å². The first-order valence-electron chi connectivity index (χ1n) is 10.8. The van der Waals surface area contributed by atoms with Gasteiger partial charge in [0.25, 0.3) is 0 Å². The van der Waals surface area contributed by atoms with Gasteiger partial charge in [-0.2, -0.15) is 5.10 Å². The third-order valence-corrected chi connectivity index (χ3v) is 5.67. The average Bonchev–Trinajstić information content (AvgIpc) is 3.26. The van der Waals surface area contributed by atoms with Gasteiger partial charge in [-0.15, -0.1) is 0 Å². The zero-order valence-electron chi connectivity index (χ0n) is 18.6. The van der Waals surface area contributed by atoms with Gasteiger partial charge in [0.1, 0.15) is 6.73 Å². The maximum absolute atomic E-state index is 13.3. The second-order valence-electron chi connectivity index (χ2n) is 8.81. The Hall–Kier alpha value is -3.26. The van der Waals surface area contributed by atoms with E-state index in [-0.39, 0.29) is 31.1 Å². The van der Waals surface area contributed by atoms with E-state index in [0.29, 0.717) is 29.7 Å². The third-order valence-electron chi connectivity index (χ3n) is 5.67. The van der Waals surface area contributed by atoms with Crippen molar-refractivity contribution in [3.8, 4) is 0 Å². The van der Waals surface area contributed by atoms with Crippen LogP contribution in [0.1, 0.15) is 45.1 Å². The quantitative estimate of drug-likeness (QED) is 0.667. The summed E-state index contributed by atoms with van der Waals surface area (Å²) in [6, 6.07) is 5.52. The summed E-state index contributed by atoms with van der Waals surface area (Å²) in [5.74, 6) is -0.974. The maximum Gasteiger partial charge on any atom is 0.336 e. The van der Waals surface area contributed by atoms with E-state index in [1.54, 1.807) is 36.4 Å². The average molecular weight is 437 g/mol. The number of carbonyl (C=O) groups is 2. The fourth-order valence-electron chi connectivity index (χ4n) is 4.41. The first-order chi connectivity index (χ1) is 15.4. The molecule has 1 N–H and O–H groups in total. The maximum atomic E-state index is 13.3. The van der Waals surface area contributed by atoms with Crippen LogP contribution in [0.3, 0.4) is 0 Å². The molecule has 0 saturated carbocycles. The highest BCUT2D eigenvalue weighted by molar-refractivity contribution is 6.04. The molecule has 1 aliphatic carbocycles. The molecule has 2 aromatic rings. The summed E-state index contributed by atoms with van der Waals surface area (Å²) in [4.78, 5) is 30.7. The van der Waals surface area contributed by atoms with Crippen molar-refractivity contribution in [1.82, 2.24) is 20.1 Å². The molecule has 0 bridgehead atoms. The van der Waals surface area contributed by atoms with Crippen molar-refractivity contribution < 1.29 is 19.1 Å².